The molecule has 0 atom stereocenters. The zero-order valence-corrected chi connectivity index (χ0v) is 15.2. The van der Waals surface area contributed by atoms with Crippen molar-refractivity contribution in [1.29, 1.82) is 0 Å². The van der Waals surface area contributed by atoms with Crippen LogP contribution in [0.5, 0.6) is 0 Å². The van der Waals surface area contributed by atoms with Gasteiger partial charge in [-0.1, -0.05) is 44.6 Å². The van der Waals surface area contributed by atoms with E-state index in [1.54, 1.807) is 6.20 Å². The molecular formula is C16H25ClN2OSi. The Balaban J connectivity index is 2.14. The highest BCUT2D eigenvalue weighted by molar-refractivity contribution is 6.76. The average molecular weight is 325 g/mol. The second kappa shape index (κ2) is 6.94. The molecule has 2 aromatic rings. The highest BCUT2D eigenvalue weighted by Crippen LogP contribution is 2.28. The van der Waals surface area contributed by atoms with Gasteiger partial charge in [0.1, 0.15) is 12.4 Å². The molecule has 0 saturated carbocycles. The minimum Gasteiger partial charge on any atom is -0.361 e. The lowest BCUT2D eigenvalue weighted by atomic mass is 10.1. The minimum atomic E-state index is -1.04. The van der Waals surface area contributed by atoms with Crippen molar-refractivity contribution >= 4 is 30.7 Å². The molecule has 2 aromatic heterocycles. The van der Waals surface area contributed by atoms with Crippen molar-refractivity contribution in [1.82, 2.24) is 9.55 Å². The summed E-state index contributed by atoms with van der Waals surface area (Å²) in [4.78, 5) is 4.48. The van der Waals surface area contributed by atoms with E-state index in [4.69, 9.17) is 16.3 Å². The number of rotatable bonds is 7. The molecule has 0 amide bonds. The van der Waals surface area contributed by atoms with Gasteiger partial charge in [0.25, 0.3) is 0 Å². The van der Waals surface area contributed by atoms with Crippen molar-refractivity contribution < 1.29 is 4.74 Å². The molecule has 0 aliphatic carbocycles. The molecule has 0 N–H and O–H groups in total. The molecular weight excluding hydrogens is 300 g/mol. The monoisotopic (exact) mass is 324 g/mol. The molecule has 0 radical (unpaired) electrons. The second-order valence-electron chi connectivity index (χ2n) is 6.71. The van der Waals surface area contributed by atoms with Gasteiger partial charge < -0.3 is 9.30 Å². The van der Waals surface area contributed by atoms with E-state index >= 15 is 0 Å². The number of hydrogen-bond acceptors (Lipinski definition) is 2. The molecule has 2 rings (SSSR count). The number of ether oxygens (including phenoxy) is 1. The van der Waals surface area contributed by atoms with Crippen LogP contribution in [-0.4, -0.2) is 24.2 Å². The predicted octanol–water partition coefficient (Wildman–Crippen LogP) is 4.95. The van der Waals surface area contributed by atoms with Crippen molar-refractivity contribution in [2.45, 2.75) is 52.2 Å². The first kappa shape index (κ1) is 16.5. The van der Waals surface area contributed by atoms with Gasteiger partial charge in [-0.15, -0.1) is 0 Å². The largest absolute Gasteiger partial charge is 0.361 e. The molecule has 0 bridgehead atoms. The number of hydrogen-bond donors (Lipinski definition) is 0. The molecule has 21 heavy (non-hydrogen) atoms. The zero-order chi connectivity index (χ0) is 15.5. The van der Waals surface area contributed by atoms with Gasteiger partial charge in [-0.3, -0.25) is 0 Å². The third kappa shape index (κ3) is 4.31. The van der Waals surface area contributed by atoms with Crippen molar-refractivity contribution in [3.05, 3.63) is 29.0 Å². The lowest BCUT2D eigenvalue weighted by Gasteiger charge is -2.15. The Morgan fingerprint density at radius 2 is 2.10 bits per heavy atom. The summed E-state index contributed by atoms with van der Waals surface area (Å²) in [6.07, 6.45) is 6.02. The van der Waals surface area contributed by atoms with Gasteiger partial charge in [0.2, 0.25) is 0 Å². The predicted molar refractivity (Wildman–Crippen MR) is 92.8 cm³/mol. The summed E-state index contributed by atoms with van der Waals surface area (Å²) in [5.74, 6) is 0. The summed E-state index contributed by atoms with van der Waals surface area (Å²) >= 11 is 6.34. The van der Waals surface area contributed by atoms with Crippen LogP contribution in [0.25, 0.3) is 11.0 Å². The van der Waals surface area contributed by atoms with Crippen molar-refractivity contribution in [3.8, 4) is 0 Å². The van der Waals surface area contributed by atoms with Crippen LogP contribution >= 0.6 is 11.6 Å². The number of halogens is 1. The quantitative estimate of drug-likeness (QED) is 0.532. The third-order valence-corrected chi connectivity index (χ3v) is 5.55. The third-order valence-electron chi connectivity index (χ3n) is 3.53. The summed E-state index contributed by atoms with van der Waals surface area (Å²) in [7, 11) is -1.04. The fraction of sp³-hybridized carbons (Fsp3) is 0.562. The number of nitrogens with zero attached hydrogens (tertiary/aromatic N) is 2. The van der Waals surface area contributed by atoms with Gasteiger partial charge in [-0.25, -0.2) is 4.98 Å². The van der Waals surface area contributed by atoms with E-state index in [1.807, 2.05) is 6.07 Å². The SMILES string of the molecule is CCCc1cn(COCC[Si](C)(C)C)c2nccc(Cl)c12. The maximum atomic E-state index is 6.34. The Kier molecular flexibility index (Phi) is 5.46. The number of fused-ring (bicyclic) bond motifs is 1. The van der Waals surface area contributed by atoms with E-state index in [2.05, 4.69) is 42.3 Å². The van der Waals surface area contributed by atoms with Crippen molar-refractivity contribution in [3.63, 3.8) is 0 Å². The van der Waals surface area contributed by atoms with Gasteiger partial charge in [0, 0.05) is 32.5 Å². The van der Waals surface area contributed by atoms with E-state index in [-0.39, 0.29) is 0 Å². The molecule has 0 aromatic carbocycles. The molecule has 2 heterocycles. The molecule has 0 fully saturated rings. The fourth-order valence-electron chi connectivity index (χ4n) is 2.36. The lowest BCUT2D eigenvalue weighted by molar-refractivity contribution is 0.0898. The first-order valence-corrected chi connectivity index (χ1v) is 11.7. The molecule has 0 unspecified atom stereocenters. The van der Waals surface area contributed by atoms with Gasteiger partial charge >= 0.3 is 0 Å². The molecule has 5 heteroatoms. The number of aryl methyl sites for hydroxylation is 1. The normalized spacial score (nSPS) is 12.2. The van der Waals surface area contributed by atoms with Crippen LogP contribution in [0.2, 0.25) is 30.7 Å². The fourth-order valence-corrected chi connectivity index (χ4v) is 3.37. The standard InChI is InChI=1S/C16H25ClN2OSi/c1-5-6-13-11-19(12-20-9-10-21(2,3)4)16-15(13)14(17)7-8-18-16/h7-8,11H,5-6,9-10,12H2,1-4H3. The molecule has 0 aliphatic rings. The lowest BCUT2D eigenvalue weighted by Crippen LogP contribution is -2.22. The van der Waals surface area contributed by atoms with E-state index in [0.29, 0.717) is 6.73 Å². The number of pyridine rings is 1. The summed E-state index contributed by atoms with van der Waals surface area (Å²) in [6.45, 7) is 10.6. The molecule has 116 valence electrons. The molecule has 0 spiro atoms. The van der Waals surface area contributed by atoms with E-state index in [0.717, 1.165) is 35.5 Å². The Bertz CT molecular complexity index is 604. The van der Waals surface area contributed by atoms with Gasteiger partial charge in [-0.2, -0.15) is 0 Å². The van der Waals surface area contributed by atoms with Crippen LogP contribution in [0, 0.1) is 0 Å². The Morgan fingerprint density at radius 1 is 1.33 bits per heavy atom. The Morgan fingerprint density at radius 3 is 2.76 bits per heavy atom. The van der Waals surface area contributed by atoms with Crippen molar-refractivity contribution in [2.75, 3.05) is 6.61 Å². The molecule has 0 saturated heterocycles. The van der Waals surface area contributed by atoms with Crippen LogP contribution in [0.1, 0.15) is 18.9 Å². The van der Waals surface area contributed by atoms with E-state index in [9.17, 15) is 0 Å². The minimum absolute atomic E-state index is 0.554. The second-order valence-corrected chi connectivity index (χ2v) is 12.7. The van der Waals surface area contributed by atoms with Gasteiger partial charge in [0.15, 0.2) is 0 Å². The first-order valence-electron chi connectivity index (χ1n) is 7.62. The summed E-state index contributed by atoms with van der Waals surface area (Å²) in [6, 6.07) is 3.04. The summed E-state index contributed by atoms with van der Waals surface area (Å²) in [5, 5.41) is 1.86. The first-order chi connectivity index (χ1) is 9.92. The molecule has 0 aliphatic heterocycles. The highest BCUT2D eigenvalue weighted by Gasteiger charge is 2.14. The average Bonchev–Trinajstić information content (AvgIpc) is 2.74. The van der Waals surface area contributed by atoms with Crippen LogP contribution < -0.4 is 0 Å². The Hall–Kier alpha value is -0.843. The van der Waals surface area contributed by atoms with Crippen LogP contribution in [0.15, 0.2) is 18.5 Å². The maximum Gasteiger partial charge on any atom is 0.143 e. The van der Waals surface area contributed by atoms with E-state index in [1.165, 1.54) is 11.6 Å². The molecule has 3 nitrogen and oxygen atoms in total. The van der Waals surface area contributed by atoms with Crippen LogP contribution in [0.4, 0.5) is 0 Å². The summed E-state index contributed by atoms with van der Waals surface area (Å²) in [5.41, 5.74) is 2.19. The van der Waals surface area contributed by atoms with Gasteiger partial charge in [0.05, 0.1) is 5.02 Å². The van der Waals surface area contributed by atoms with Crippen molar-refractivity contribution in [2.24, 2.45) is 0 Å². The smallest absolute Gasteiger partial charge is 0.143 e. The maximum absolute atomic E-state index is 6.34. The van der Waals surface area contributed by atoms with E-state index < -0.39 is 8.07 Å². The zero-order valence-electron chi connectivity index (χ0n) is 13.4. The topological polar surface area (TPSA) is 27.1 Å². The van der Waals surface area contributed by atoms with Crippen LogP contribution in [0.3, 0.4) is 0 Å². The van der Waals surface area contributed by atoms with Gasteiger partial charge in [-0.05, 0) is 24.1 Å². The van der Waals surface area contributed by atoms with Crippen LogP contribution in [-0.2, 0) is 17.9 Å². The summed E-state index contributed by atoms with van der Waals surface area (Å²) < 4.78 is 7.93. The highest BCUT2D eigenvalue weighted by atomic mass is 35.5. The Labute approximate surface area is 133 Å². The number of aromatic nitrogens is 2.